The highest BCUT2D eigenvalue weighted by atomic mass is 32.2. The summed E-state index contributed by atoms with van der Waals surface area (Å²) in [4.78, 5) is 16.7. The smallest absolute Gasteiger partial charge is 0.226 e. The van der Waals surface area contributed by atoms with E-state index in [2.05, 4.69) is 10.3 Å². The van der Waals surface area contributed by atoms with E-state index < -0.39 is 15.7 Å². The van der Waals surface area contributed by atoms with E-state index in [0.717, 1.165) is 10.9 Å². The van der Waals surface area contributed by atoms with E-state index in [1.165, 1.54) is 12.1 Å². The molecule has 0 radical (unpaired) electrons. The third-order valence-electron chi connectivity index (χ3n) is 4.34. The first-order chi connectivity index (χ1) is 13.5. The van der Waals surface area contributed by atoms with Crippen LogP contribution < -0.4 is 14.8 Å². The number of hydrogen-bond acceptors (Lipinski definition) is 6. The van der Waals surface area contributed by atoms with Crippen molar-refractivity contribution in [3.05, 3.63) is 54.6 Å². The van der Waals surface area contributed by atoms with Crippen molar-refractivity contribution in [2.45, 2.75) is 11.3 Å². The van der Waals surface area contributed by atoms with Gasteiger partial charge in [0.15, 0.2) is 21.3 Å². The van der Waals surface area contributed by atoms with Crippen molar-refractivity contribution in [2.24, 2.45) is 0 Å². The summed E-state index contributed by atoms with van der Waals surface area (Å²) in [6, 6.07) is 15.6. The molecule has 0 saturated carbocycles. The number of aromatic nitrogens is 1. The maximum absolute atomic E-state index is 12.6. The molecule has 1 aromatic heterocycles. The normalized spacial score (nSPS) is 13.3. The number of carbonyl (C=O) groups is 1. The lowest BCUT2D eigenvalue weighted by molar-refractivity contribution is -0.115. The first kappa shape index (κ1) is 18.2. The highest BCUT2D eigenvalue weighted by Gasteiger charge is 2.20. The van der Waals surface area contributed by atoms with Crippen LogP contribution in [0.3, 0.4) is 0 Å². The summed E-state index contributed by atoms with van der Waals surface area (Å²) >= 11 is 0. The predicted octanol–water partition coefficient (Wildman–Crippen LogP) is 2.81. The van der Waals surface area contributed by atoms with E-state index in [1.807, 2.05) is 30.3 Å². The number of anilines is 1. The van der Waals surface area contributed by atoms with E-state index in [1.54, 1.807) is 12.1 Å². The SMILES string of the molecule is O=C(CCS(=O)(=O)c1ccc2c(c1)OCCO2)Nc1ccc2ccccc2n1. The Balaban J connectivity index is 1.41. The maximum Gasteiger partial charge on any atom is 0.226 e. The van der Waals surface area contributed by atoms with Gasteiger partial charge in [0.2, 0.25) is 5.91 Å². The Kier molecular flexibility index (Phi) is 4.87. The monoisotopic (exact) mass is 398 g/mol. The highest BCUT2D eigenvalue weighted by molar-refractivity contribution is 7.91. The van der Waals surface area contributed by atoms with Crippen molar-refractivity contribution in [3.63, 3.8) is 0 Å². The number of fused-ring (bicyclic) bond motifs is 2. The van der Waals surface area contributed by atoms with Crippen LogP contribution in [-0.2, 0) is 14.6 Å². The van der Waals surface area contributed by atoms with Crippen molar-refractivity contribution in [1.29, 1.82) is 0 Å². The van der Waals surface area contributed by atoms with Gasteiger partial charge in [0.05, 0.1) is 16.2 Å². The standard InChI is InChI=1S/C20H18N2O5S/c23-20(22-19-8-5-14-3-1-2-4-16(14)21-19)9-12-28(24,25)15-6-7-17-18(13-15)27-11-10-26-17/h1-8,13H,9-12H2,(H,21,22,23). The number of hydrogen-bond donors (Lipinski definition) is 1. The molecule has 28 heavy (non-hydrogen) atoms. The fourth-order valence-corrected chi connectivity index (χ4v) is 4.15. The van der Waals surface area contributed by atoms with E-state index in [-0.39, 0.29) is 17.1 Å². The molecule has 2 aromatic carbocycles. The molecule has 3 aromatic rings. The molecule has 144 valence electrons. The first-order valence-corrected chi connectivity index (χ1v) is 10.4. The van der Waals surface area contributed by atoms with E-state index in [9.17, 15) is 13.2 Å². The van der Waals surface area contributed by atoms with Crippen LogP contribution in [0, 0.1) is 0 Å². The fourth-order valence-electron chi connectivity index (χ4n) is 2.90. The molecule has 1 aliphatic rings. The molecule has 0 aliphatic carbocycles. The quantitative estimate of drug-likeness (QED) is 0.710. The molecular weight excluding hydrogens is 380 g/mol. The largest absolute Gasteiger partial charge is 0.486 e. The van der Waals surface area contributed by atoms with Gasteiger partial charge in [-0.3, -0.25) is 4.79 Å². The van der Waals surface area contributed by atoms with Crippen molar-refractivity contribution in [1.82, 2.24) is 4.98 Å². The zero-order valence-electron chi connectivity index (χ0n) is 14.9. The molecule has 0 spiro atoms. The Bertz CT molecular complexity index is 1140. The Morgan fingerprint density at radius 1 is 1.00 bits per heavy atom. The molecule has 0 atom stereocenters. The van der Waals surface area contributed by atoms with Crippen LogP contribution in [0.5, 0.6) is 11.5 Å². The Labute approximate surface area is 162 Å². The molecule has 1 amide bonds. The second-order valence-corrected chi connectivity index (χ2v) is 8.42. The number of benzene rings is 2. The van der Waals surface area contributed by atoms with Gasteiger partial charge in [-0.15, -0.1) is 0 Å². The summed E-state index contributed by atoms with van der Waals surface area (Å²) in [6.45, 7) is 0.805. The van der Waals surface area contributed by atoms with Gasteiger partial charge in [-0.25, -0.2) is 13.4 Å². The molecule has 7 nitrogen and oxygen atoms in total. The van der Waals surface area contributed by atoms with E-state index in [4.69, 9.17) is 9.47 Å². The number of nitrogens with one attached hydrogen (secondary N) is 1. The lowest BCUT2D eigenvalue weighted by Crippen LogP contribution is -2.19. The van der Waals surface area contributed by atoms with Gasteiger partial charge in [0.1, 0.15) is 19.0 Å². The maximum atomic E-state index is 12.6. The highest BCUT2D eigenvalue weighted by Crippen LogP contribution is 2.32. The van der Waals surface area contributed by atoms with E-state index in [0.29, 0.717) is 30.5 Å². The molecule has 0 fully saturated rings. The third kappa shape index (κ3) is 3.91. The number of amides is 1. The Morgan fingerprint density at radius 3 is 2.64 bits per heavy atom. The number of ether oxygens (including phenoxy) is 2. The van der Waals surface area contributed by atoms with Crippen LogP contribution in [0.15, 0.2) is 59.5 Å². The molecular formula is C20H18N2O5S. The van der Waals surface area contributed by atoms with Crippen LogP contribution in [0.1, 0.15) is 6.42 Å². The molecule has 0 unspecified atom stereocenters. The minimum atomic E-state index is -3.63. The summed E-state index contributed by atoms with van der Waals surface area (Å²) in [7, 11) is -3.63. The van der Waals surface area contributed by atoms with Gasteiger partial charge in [0.25, 0.3) is 0 Å². The number of nitrogens with zero attached hydrogens (tertiary/aromatic N) is 1. The second-order valence-electron chi connectivity index (χ2n) is 6.31. The van der Waals surface area contributed by atoms with Crippen molar-refractivity contribution in [3.8, 4) is 11.5 Å². The van der Waals surface area contributed by atoms with Gasteiger partial charge >= 0.3 is 0 Å². The van der Waals surface area contributed by atoms with Crippen molar-refractivity contribution in [2.75, 3.05) is 24.3 Å². The molecule has 1 aliphatic heterocycles. The summed E-state index contributed by atoms with van der Waals surface area (Å²) in [5, 5.41) is 3.61. The van der Waals surface area contributed by atoms with Crippen molar-refractivity contribution >= 4 is 32.5 Å². The van der Waals surface area contributed by atoms with Gasteiger partial charge < -0.3 is 14.8 Å². The van der Waals surface area contributed by atoms with Crippen LogP contribution in [-0.4, -0.2) is 38.3 Å². The van der Waals surface area contributed by atoms with Gasteiger partial charge in [-0.2, -0.15) is 0 Å². The van der Waals surface area contributed by atoms with E-state index >= 15 is 0 Å². The Morgan fingerprint density at radius 2 is 1.79 bits per heavy atom. The summed E-state index contributed by atoms with van der Waals surface area (Å²) in [5.74, 6) is 0.582. The lowest BCUT2D eigenvalue weighted by Gasteiger charge is -2.18. The first-order valence-electron chi connectivity index (χ1n) is 8.79. The second kappa shape index (κ2) is 7.47. The van der Waals surface area contributed by atoms with Crippen LogP contribution in [0.25, 0.3) is 10.9 Å². The number of carbonyl (C=O) groups excluding carboxylic acids is 1. The summed E-state index contributed by atoms with van der Waals surface area (Å²) in [5.41, 5.74) is 0.754. The number of pyridine rings is 1. The zero-order valence-corrected chi connectivity index (χ0v) is 15.7. The predicted molar refractivity (Wildman–Crippen MR) is 104 cm³/mol. The number of sulfone groups is 1. The van der Waals surface area contributed by atoms with Crippen molar-refractivity contribution < 1.29 is 22.7 Å². The third-order valence-corrected chi connectivity index (χ3v) is 6.05. The van der Waals surface area contributed by atoms with Gasteiger partial charge in [-0.05, 0) is 30.3 Å². The summed E-state index contributed by atoms with van der Waals surface area (Å²) < 4.78 is 35.9. The molecule has 0 saturated heterocycles. The molecule has 4 rings (SSSR count). The minimum absolute atomic E-state index is 0.105. The topological polar surface area (TPSA) is 94.6 Å². The molecule has 0 bridgehead atoms. The van der Waals surface area contributed by atoms with Crippen LogP contribution in [0.2, 0.25) is 0 Å². The lowest BCUT2D eigenvalue weighted by atomic mass is 10.2. The van der Waals surface area contributed by atoms with Crippen LogP contribution in [0.4, 0.5) is 5.82 Å². The average molecular weight is 398 g/mol. The van der Waals surface area contributed by atoms with Gasteiger partial charge in [-0.1, -0.05) is 18.2 Å². The van der Waals surface area contributed by atoms with Crippen LogP contribution >= 0.6 is 0 Å². The fraction of sp³-hybridized carbons (Fsp3) is 0.200. The molecule has 1 N–H and O–H groups in total. The Hall–Kier alpha value is -3.13. The zero-order chi connectivity index (χ0) is 19.6. The number of para-hydroxylation sites is 1. The van der Waals surface area contributed by atoms with Gasteiger partial charge in [0, 0.05) is 17.9 Å². The molecule has 2 heterocycles. The average Bonchev–Trinajstić information content (AvgIpc) is 2.72. The minimum Gasteiger partial charge on any atom is -0.486 e. The summed E-state index contributed by atoms with van der Waals surface area (Å²) in [6.07, 6.45) is -0.175. The number of rotatable bonds is 5. The molecule has 8 heteroatoms.